The van der Waals surface area contributed by atoms with Crippen LogP contribution in [0.25, 0.3) is 11.0 Å². The summed E-state index contributed by atoms with van der Waals surface area (Å²) in [7, 11) is 0. The van der Waals surface area contributed by atoms with Gasteiger partial charge in [0.15, 0.2) is 0 Å². The number of nitrogens with two attached hydrogens (primary N) is 1. The van der Waals surface area contributed by atoms with E-state index >= 15 is 0 Å². The molecule has 3 N–H and O–H groups in total. The molecule has 0 aliphatic carbocycles. The van der Waals surface area contributed by atoms with Crippen molar-refractivity contribution in [2.24, 2.45) is 5.73 Å². The van der Waals surface area contributed by atoms with Crippen LogP contribution in [0.4, 0.5) is 0 Å². The van der Waals surface area contributed by atoms with E-state index in [1.165, 1.54) is 16.8 Å². The van der Waals surface area contributed by atoms with Gasteiger partial charge < -0.3 is 10.8 Å². The molecule has 1 unspecified atom stereocenters. The fourth-order valence-electron chi connectivity index (χ4n) is 1.48. The number of rotatable bonds is 3. The minimum Gasteiger partial charge on any atom is -0.478 e. The highest BCUT2D eigenvalue weighted by Crippen LogP contribution is 2.17. The Morgan fingerprint density at radius 3 is 2.76 bits per heavy atom. The zero-order valence-corrected chi connectivity index (χ0v) is 8.99. The van der Waals surface area contributed by atoms with Gasteiger partial charge in [-0.2, -0.15) is 0 Å². The summed E-state index contributed by atoms with van der Waals surface area (Å²) in [6, 6.07) is 3.75. The third kappa shape index (κ3) is 1.82. The molecule has 1 aromatic carbocycles. The van der Waals surface area contributed by atoms with Crippen LogP contribution in [0.3, 0.4) is 0 Å². The summed E-state index contributed by atoms with van der Waals surface area (Å²) in [5, 5.41) is 16.4. The topological polar surface area (TPSA) is 111 Å². The van der Waals surface area contributed by atoms with Gasteiger partial charge in [0.1, 0.15) is 11.6 Å². The van der Waals surface area contributed by atoms with E-state index in [0.717, 1.165) is 0 Å². The van der Waals surface area contributed by atoms with E-state index in [4.69, 9.17) is 10.8 Å². The molecule has 7 heteroatoms. The summed E-state index contributed by atoms with van der Waals surface area (Å²) in [5.41, 5.74) is 6.28. The zero-order valence-electron chi connectivity index (χ0n) is 8.99. The number of nitrogens with zero attached hydrogens (tertiary/aromatic N) is 3. The van der Waals surface area contributed by atoms with E-state index in [0.29, 0.717) is 11.0 Å². The van der Waals surface area contributed by atoms with Crippen LogP contribution in [0.15, 0.2) is 18.2 Å². The third-order valence-corrected chi connectivity index (χ3v) is 2.50. The van der Waals surface area contributed by atoms with Crippen molar-refractivity contribution >= 4 is 22.9 Å². The first kappa shape index (κ1) is 11.1. The van der Waals surface area contributed by atoms with Gasteiger partial charge in [-0.3, -0.25) is 4.79 Å². The molecular formula is C10H10N4O3. The van der Waals surface area contributed by atoms with Crippen molar-refractivity contribution in [3.05, 3.63) is 23.8 Å². The summed E-state index contributed by atoms with van der Waals surface area (Å²) in [6.07, 6.45) is 0. The third-order valence-electron chi connectivity index (χ3n) is 2.50. The number of primary amides is 1. The van der Waals surface area contributed by atoms with E-state index in [1.54, 1.807) is 13.0 Å². The summed E-state index contributed by atoms with van der Waals surface area (Å²) in [5.74, 6) is -1.57. The van der Waals surface area contributed by atoms with Crippen LogP contribution in [0.1, 0.15) is 23.3 Å². The van der Waals surface area contributed by atoms with Gasteiger partial charge in [-0.1, -0.05) is 5.21 Å². The molecule has 7 nitrogen and oxygen atoms in total. The minimum atomic E-state index is -1.04. The molecule has 0 fully saturated rings. The number of fused-ring (bicyclic) bond motifs is 1. The number of aromatic nitrogens is 3. The average molecular weight is 234 g/mol. The SMILES string of the molecule is CC(C(N)=O)n1nnc2cc(C(=O)O)ccc21. The molecule has 0 aliphatic heterocycles. The summed E-state index contributed by atoms with van der Waals surface area (Å²) < 4.78 is 1.36. The number of carbonyl (C=O) groups excluding carboxylic acids is 1. The highest BCUT2D eigenvalue weighted by molar-refractivity contribution is 5.92. The zero-order chi connectivity index (χ0) is 12.6. The lowest BCUT2D eigenvalue weighted by Gasteiger charge is -2.07. The van der Waals surface area contributed by atoms with Crippen molar-refractivity contribution in [1.29, 1.82) is 0 Å². The van der Waals surface area contributed by atoms with E-state index in [9.17, 15) is 9.59 Å². The molecule has 17 heavy (non-hydrogen) atoms. The molecular weight excluding hydrogens is 224 g/mol. The number of hydrogen-bond acceptors (Lipinski definition) is 4. The van der Waals surface area contributed by atoms with Crippen LogP contribution in [0, 0.1) is 0 Å². The molecule has 1 amide bonds. The molecule has 1 atom stereocenters. The van der Waals surface area contributed by atoms with Crippen molar-refractivity contribution in [2.75, 3.05) is 0 Å². The van der Waals surface area contributed by atoms with E-state index in [-0.39, 0.29) is 5.56 Å². The lowest BCUT2D eigenvalue weighted by Crippen LogP contribution is -2.24. The van der Waals surface area contributed by atoms with Crippen molar-refractivity contribution in [3.63, 3.8) is 0 Å². The Kier molecular flexibility index (Phi) is 2.51. The summed E-state index contributed by atoms with van der Waals surface area (Å²) in [4.78, 5) is 21.8. The Labute approximate surface area is 95.8 Å². The second kappa shape index (κ2) is 3.85. The number of carboxylic acid groups (broad SMARTS) is 1. The minimum absolute atomic E-state index is 0.122. The maximum absolute atomic E-state index is 11.1. The molecule has 0 saturated heterocycles. The first-order chi connectivity index (χ1) is 8.00. The predicted molar refractivity (Wildman–Crippen MR) is 58.4 cm³/mol. The maximum atomic E-state index is 11.1. The second-order valence-electron chi connectivity index (χ2n) is 3.62. The highest BCUT2D eigenvalue weighted by Gasteiger charge is 2.16. The van der Waals surface area contributed by atoms with E-state index < -0.39 is 17.9 Å². The maximum Gasteiger partial charge on any atom is 0.335 e. The molecule has 2 aromatic rings. The van der Waals surface area contributed by atoms with Gasteiger partial charge in [0.2, 0.25) is 5.91 Å². The molecule has 88 valence electrons. The predicted octanol–water partition coefficient (Wildman–Crippen LogP) is 0.176. The summed E-state index contributed by atoms with van der Waals surface area (Å²) in [6.45, 7) is 1.60. The van der Waals surface area contributed by atoms with Gasteiger partial charge >= 0.3 is 5.97 Å². The second-order valence-corrected chi connectivity index (χ2v) is 3.62. The Bertz CT molecular complexity index is 605. The number of carbonyl (C=O) groups is 2. The van der Waals surface area contributed by atoms with Crippen LogP contribution < -0.4 is 5.73 Å². The Morgan fingerprint density at radius 2 is 2.18 bits per heavy atom. The quantitative estimate of drug-likeness (QED) is 0.786. The molecule has 2 rings (SSSR count). The van der Waals surface area contributed by atoms with Crippen LogP contribution in [0.2, 0.25) is 0 Å². The van der Waals surface area contributed by atoms with Gasteiger partial charge in [0.25, 0.3) is 0 Å². The Balaban J connectivity index is 2.56. The van der Waals surface area contributed by atoms with Crippen molar-refractivity contribution in [1.82, 2.24) is 15.0 Å². The van der Waals surface area contributed by atoms with Gasteiger partial charge in [0.05, 0.1) is 11.1 Å². The smallest absolute Gasteiger partial charge is 0.335 e. The number of carboxylic acids is 1. The molecule has 1 heterocycles. The monoisotopic (exact) mass is 234 g/mol. The van der Waals surface area contributed by atoms with Crippen molar-refractivity contribution in [3.8, 4) is 0 Å². The first-order valence-corrected chi connectivity index (χ1v) is 4.88. The highest BCUT2D eigenvalue weighted by atomic mass is 16.4. The Morgan fingerprint density at radius 1 is 1.47 bits per heavy atom. The van der Waals surface area contributed by atoms with Gasteiger partial charge in [-0.15, -0.1) is 5.10 Å². The number of amides is 1. The van der Waals surface area contributed by atoms with E-state index in [2.05, 4.69) is 10.3 Å². The molecule has 0 saturated carbocycles. The van der Waals surface area contributed by atoms with Crippen molar-refractivity contribution < 1.29 is 14.7 Å². The number of hydrogen-bond donors (Lipinski definition) is 2. The normalized spacial score (nSPS) is 12.5. The fourth-order valence-corrected chi connectivity index (χ4v) is 1.48. The van der Waals surface area contributed by atoms with Gasteiger partial charge in [0, 0.05) is 0 Å². The van der Waals surface area contributed by atoms with Gasteiger partial charge in [-0.05, 0) is 25.1 Å². The molecule has 0 spiro atoms. The first-order valence-electron chi connectivity index (χ1n) is 4.88. The van der Waals surface area contributed by atoms with E-state index in [1.807, 2.05) is 0 Å². The van der Waals surface area contributed by atoms with Crippen LogP contribution >= 0.6 is 0 Å². The lowest BCUT2D eigenvalue weighted by molar-refractivity contribution is -0.120. The van der Waals surface area contributed by atoms with Gasteiger partial charge in [-0.25, -0.2) is 9.48 Å². The lowest BCUT2D eigenvalue weighted by atomic mass is 10.2. The average Bonchev–Trinajstić information content (AvgIpc) is 2.70. The van der Waals surface area contributed by atoms with Crippen LogP contribution in [-0.4, -0.2) is 32.0 Å². The Hall–Kier alpha value is -2.44. The fraction of sp³-hybridized carbons (Fsp3) is 0.200. The summed E-state index contributed by atoms with van der Waals surface area (Å²) >= 11 is 0. The van der Waals surface area contributed by atoms with Crippen LogP contribution in [-0.2, 0) is 4.79 Å². The molecule has 0 aliphatic rings. The number of aromatic carboxylic acids is 1. The number of benzene rings is 1. The molecule has 1 aromatic heterocycles. The standard InChI is InChI=1S/C10H10N4O3/c1-5(9(11)15)14-8-3-2-6(10(16)17)4-7(8)12-13-14/h2-5H,1H3,(H2,11,15)(H,16,17). The van der Waals surface area contributed by atoms with Crippen LogP contribution in [0.5, 0.6) is 0 Å². The molecule has 0 radical (unpaired) electrons. The largest absolute Gasteiger partial charge is 0.478 e. The van der Waals surface area contributed by atoms with Crippen molar-refractivity contribution in [2.45, 2.75) is 13.0 Å². The molecule has 0 bridgehead atoms.